The zero-order chi connectivity index (χ0) is 36.3. The van der Waals surface area contributed by atoms with Crippen molar-refractivity contribution in [2.75, 3.05) is 4.90 Å². The summed E-state index contributed by atoms with van der Waals surface area (Å²) in [6.07, 6.45) is 0. The van der Waals surface area contributed by atoms with Crippen LogP contribution in [-0.2, 0) is 0 Å². The molecule has 11 aromatic rings. The van der Waals surface area contributed by atoms with Crippen LogP contribution in [0.15, 0.2) is 209 Å². The number of fused-ring (bicyclic) bond motifs is 8. The molecule has 0 unspecified atom stereocenters. The molecule has 0 aliphatic carbocycles. The Hall–Kier alpha value is -7.36. The van der Waals surface area contributed by atoms with Crippen LogP contribution in [0.25, 0.3) is 88.0 Å². The van der Waals surface area contributed by atoms with Crippen LogP contribution in [-0.4, -0.2) is 0 Å². The smallest absolute Gasteiger partial charge is 0.143 e. The average molecular weight is 704 g/mol. The lowest BCUT2D eigenvalue weighted by Crippen LogP contribution is -2.09. The van der Waals surface area contributed by atoms with Crippen LogP contribution in [0.2, 0.25) is 0 Å². The van der Waals surface area contributed by atoms with E-state index < -0.39 is 0 Å². The van der Waals surface area contributed by atoms with Crippen molar-refractivity contribution < 1.29 is 8.83 Å². The Morgan fingerprint density at radius 2 is 0.673 bits per heavy atom. The summed E-state index contributed by atoms with van der Waals surface area (Å²) in [6, 6.07) is 70.9. The second kappa shape index (κ2) is 12.6. The van der Waals surface area contributed by atoms with Crippen LogP contribution in [0.1, 0.15) is 0 Å². The van der Waals surface area contributed by atoms with Crippen LogP contribution < -0.4 is 4.90 Å². The molecule has 3 nitrogen and oxygen atoms in total. The Balaban J connectivity index is 0.996. The predicted molar refractivity (Wildman–Crippen MR) is 229 cm³/mol. The third-order valence-electron chi connectivity index (χ3n) is 10.9. The number of anilines is 3. The number of benzene rings is 9. The molecule has 2 aromatic heterocycles. The Morgan fingerprint density at radius 3 is 1.29 bits per heavy atom. The molecule has 258 valence electrons. The van der Waals surface area contributed by atoms with Crippen LogP contribution in [0.4, 0.5) is 17.1 Å². The first kappa shape index (κ1) is 31.2. The number of nitrogens with zero attached hydrogens (tertiary/aromatic N) is 1. The SMILES string of the molecule is c1ccc(-c2ccc(N(c3ccc(-c4cccc5c4ccc4c6ccccc6oc54)cc3)c3ccc(-c4cccc5c4oc4ccccc45)cc3)cc2)cc1. The summed E-state index contributed by atoms with van der Waals surface area (Å²) >= 11 is 0. The summed E-state index contributed by atoms with van der Waals surface area (Å²) in [5.41, 5.74) is 13.8. The van der Waals surface area contributed by atoms with Gasteiger partial charge in [-0.3, -0.25) is 0 Å². The highest BCUT2D eigenvalue weighted by Gasteiger charge is 2.17. The molecule has 3 heteroatoms. The van der Waals surface area contributed by atoms with E-state index >= 15 is 0 Å². The number of rotatable bonds is 6. The molecular formula is C52H33NO2. The summed E-state index contributed by atoms with van der Waals surface area (Å²) in [7, 11) is 0. The molecule has 0 saturated carbocycles. The molecule has 0 aliphatic heterocycles. The average Bonchev–Trinajstić information content (AvgIpc) is 3.84. The fourth-order valence-electron chi connectivity index (χ4n) is 8.23. The zero-order valence-electron chi connectivity index (χ0n) is 29.8. The van der Waals surface area contributed by atoms with E-state index in [-0.39, 0.29) is 0 Å². The molecule has 0 aliphatic rings. The highest BCUT2D eigenvalue weighted by molar-refractivity contribution is 6.17. The van der Waals surface area contributed by atoms with E-state index in [0.717, 1.165) is 83.0 Å². The van der Waals surface area contributed by atoms with Gasteiger partial charge in [-0.2, -0.15) is 0 Å². The van der Waals surface area contributed by atoms with Gasteiger partial charge >= 0.3 is 0 Å². The molecule has 55 heavy (non-hydrogen) atoms. The third-order valence-corrected chi connectivity index (χ3v) is 10.9. The first-order valence-corrected chi connectivity index (χ1v) is 18.7. The fraction of sp³-hybridized carbons (Fsp3) is 0. The molecule has 9 aromatic carbocycles. The van der Waals surface area contributed by atoms with E-state index in [2.05, 4.69) is 181 Å². The topological polar surface area (TPSA) is 29.5 Å². The summed E-state index contributed by atoms with van der Waals surface area (Å²) < 4.78 is 12.8. The van der Waals surface area contributed by atoms with E-state index in [4.69, 9.17) is 8.83 Å². The number of para-hydroxylation sites is 3. The minimum absolute atomic E-state index is 0.904. The van der Waals surface area contributed by atoms with Crippen molar-refractivity contribution in [1.29, 1.82) is 0 Å². The molecule has 0 amide bonds. The summed E-state index contributed by atoms with van der Waals surface area (Å²) in [5, 5.41) is 6.84. The number of hydrogen-bond donors (Lipinski definition) is 0. The van der Waals surface area contributed by atoms with E-state index in [9.17, 15) is 0 Å². The lowest BCUT2D eigenvalue weighted by Gasteiger charge is -2.26. The van der Waals surface area contributed by atoms with E-state index in [1.54, 1.807) is 0 Å². The maximum absolute atomic E-state index is 6.40. The Bertz CT molecular complexity index is 3170. The van der Waals surface area contributed by atoms with Gasteiger partial charge in [-0.05, 0) is 87.8 Å². The summed E-state index contributed by atoms with van der Waals surface area (Å²) in [4.78, 5) is 2.32. The highest BCUT2D eigenvalue weighted by atomic mass is 16.3. The van der Waals surface area contributed by atoms with Crippen LogP contribution in [0.5, 0.6) is 0 Å². The fourth-order valence-corrected chi connectivity index (χ4v) is 8.23. The monoisotopic (exact) mass is 703 g/mol. The van der Waals surface area contributed by atoms with Crippen LogP contribution in [0.3, 0.4) is 0 Å². The second-order valence-corrected chi connectivity index (χ2v) is 14.1. The standard InChI is InChI=1S/C52H33NO2/c1-2-10-34(11-3-1)35-20-26-38(27-21-35)53(40-30-24-37(25-31-40)42-15-9-17-47-44-12-4-6-18-49(44)54-51(42)47)39-28-22-36(23-29-39)41-14-8-16-46-43(41)32-33-48-45-13-5-7-19-50(45)55-52(46)48/h1-33H. The van der Waals surface area contributed by atoms with Gasteiger partial charge in [0.2, 0.25) is 0 Å². The quantitative estimate of drug-likeness (QED) is 0.173. The minimum atomic E-state index is 0.904. The predicted octanol–water partition coefficient (Wildman–Crippen LogP) is 15.1. The Morgan fingerprint density at radius 1 is 0.255 bits per heavy atom. The van der Waals surface area contributed by atoms with Gasteiger partial charge < -0.3 is 13.7 Å². The van der Waals surface area contributed by atoms with Crippen molar-refractivity contribution in [2.45, 2.75) is 0 Å². The molecule has 0 radical (unpaired) electrons. The molecule has 0 atom stereocenters. The molecule has 11 rings (SSSR count). The molecular weight excluding hydrogens is 671 g/mol. The normalized spacial score (nSPS) is 11.6. The van der Waals surface area contributed by atoms with Gasteiger partial charge in [0.05, 0.1) is 0 Å². The first-order valence-electron chi connectivity index (χ1n) is 18.7. The van der Waals surface area contributed by atoms with Crippen molar-refractivity contribution in [1.82, 2.24) is 0 Å². The van der Waals surface area contributed by atoms with Gasteiger partial charge in [0.25, 0.3) is 0 Å². The Kier molecular flexibility index (Phi) is 7.17. The third kappa shape index (κ3) is 5.20. The van der Waals surface area contributed by atoms with E-state index in [0.29, 0.717) is 0 Å². The maximum Gasteiger partial charge on any atom is 0.143 e. The van der Waals surface area contributed by atoms with Gasteiger partial charge in [-0.1, -0.05) is 146 Å². The first-order chi connectivity index (χ1) is 27.3. The summed E-state index contributed by atoms with van der Waals surface area (Å²) in [6.45, 7) is 0. The molecule has 2 heterocycles. The van der Waals surface area contributed by atoms with Crippen LogP contribution in [0, 0.1) is 0 Å². The zero-order valence-corrected chi connectivity index (χ0v) is 29.8. The molecule has 0 spiro atoms. The van der Waals surface area contributed by atoms with E-state index in [1.807, 2.05) is 24.3 Å². The van der Waals surface area contributed by atoms with Crippen molar-refractivity contribution in [3.8, 4) is 33.4 Å². The van der Waals surface area contributed by atoms with Crippen molar-refractivity contribution in [3.63, 3.8) is 0 Å². The van der Waals surface area contributed by atoms with Gasteiger partial charge in [0.15, 0.2) is 0 Å². The van der Waals surface area contributed by atoms with Gasteiger partial charge in [0.1, 0.15) is 22.3 Å². The molecule has 0 fully saturated rings. The van der Waals surface area contributed by atoms with Crippen molar-refractivity contribution in [2.24, 2.45) is 0 Å². The van der Waals surface area contributed by atoms with Gasteiger partial charge in [0, 0.05) is 49.6 Å². The highest BCUT2D eigenvalue weighted by Crippen LogP contribution is 2.42. The van der Waals surface area contributed by atoms with Crippen LogP contribution >= 0.6 is 0 Å². The second-order valence-electron chi connectivity index (χ2n) is 14.1. The molecule has 0 bridgehead atoms. The van der Waals surface area contributed by atoms with Gasteiger partial charge in [-0.15, -0.1) is 0 Å². The van der Waals surface area contributed by atoms with Crippen molar-refractivity contribution in [3.05, 3.63) is 200 Å². The summed E-state index contributed by atoms with van der Waals surface area (Å²) in [5.74, 6) is 0. The lowest BCUT2D eigenvalue weighted by atomic mass is 9.96. The minimum Gasteiger partial charge on any atom is -0.455 e. The Labute approximate surface area is 317 Å². The van der Waals surface area contributed by atoms with Gasteiger partial charge in [-0.25, -0.2) is 0 Å². The molecule has 0 N–H and O–H groups in total. The number of furan rings is 2. The van der Waals surface area contributed by atoms with E-state index in [1.165, 1.54) is 22.1 Å². The largest absolute Gasteiger partial charge is 0.455 e. The molecule has 0 saturated heterocycles. The van der Waals surface area contributed by atoms with Crippen molar-refractivity contribution >= 4 is 71.7 Å². The lowest BCUT2D eigenvalue weighted by molar-refractivity contribution is 0.670. The maximum atomic E-state index is 6.40. The number of hydrogen-bond acceptors (Lipinski definition) is 3.